The van der Waals surface area contributed by atoms with Crippen molar-refractivity contribution in [3.05, 3.63) is 0 Å². The lowest BCUT2D eigenvalue weighted by atomic mass is 10.3. The van der Waals surface area contributed by atoms with E-state index in [1.165, 1.54) is 0 Å². The van der Waals surface area contributed by atoms with Crippen LogP contribution in [0.1, 0.15) is 6.42 Å². The van der Waals surface area contributed by atoms with Crippen LogP contribution in [0.3, 0.4) is 0 Å². The summed E-state index contributed by atoms with van der Waals surface area (Å²) in [7, 11) is 0. The second kappa shape index (κ2) is 3.36. The summed E-state index contributed by atoms with van der Waals surface area (Å²) in [5.74, 6) is 0. The van der Waals surface area contributed by atoms with Gasteiger partial charge in [0.05, 0.1) is 12.7 Å². The normalized spacial score (nSPS) is 23.4. The molecule has 0 bridgehead atoms. The maximum absolute atomic E-state index is 10.3. The van der Waals surface area contributed by atoms with E-state index in [0.29, 0.717) is 6.10 Å². The molecule has 1 heterocycles. The first-order valence-corrected chi connectivity index (χ1v) is 3.92. The van der Waals surface area contributed by atoms with Gasteiger partial charge < -0.3 is 10.1 Å². The Bertz CT molecular complexity index is 114. The molecule has 1 fully saturated rings. The van der Waals surface area contributed by atoms with E-state index in [1.807, 2.05) is 0 Å². The van der Waals surface area contributed by atoms with Crippen molar-refractivity contribution in [3.8, 4) is 0 Å². The number of rotatable bonds is 3. The first kappa shape index (κ1) is 7.27. The molecule has 1 unspecified atom stereocenters. The maximum atomic E-state index is 10.3. The quantitative estimate of drug-likeness (QED) is 0.345. The van der Waals surface area contributed by atoms with Gasteiger partial charge in [0.2, 0.25) is 0 Å². The van der Waals surface area contributed by atoms with E-state index >= 15 is 0 Å². The summed E-state index contributed by atoms with van der Waals surface area (Å²) in [5.41, 5.74) is 0. The summed E-state index contributed by atoms with van der Waals surface area (Å²) in [6.45, 7) is 1.61. The van der Waals surface area contributed by atoms with Crippen LogP contribution in [0, 0.1) is 0 Å². The van der Waals surface area contributed by atoms with E-state index < -0.39 is 0 Å². The molecule has 1 rings (SSSR count). The van der Waals surface area contributed by atoms with E-state index in [4.69, 9.17) is 4.74 Å². The van der Waals surface area contributed by atoms with E-state index in [0.717, 1.165) is 19.6 Å². The average molecular weight is 241 g/mol. The zero-order valence-corrected chi connectivity index (χ0v) is 7.05. The molecule has 1 saturated heterocycles. The number of halogens is 1. The van der Waals surface area contributed by atoms with Gasteiger partial charge in [-0.15, -0.1) is 0 Å². The predicted octanol–water partition coefficient (Wildman–Crippen LogP) is 0.920. The molecule has 0 aromatic heterocycles. The molecule has 0 saturated carbocycles. The maximum Gasteiger partial charge on any atom is 0.280 e. The summed E-state index contributed by atoms with van der Waals surface area (Å²) in [6, 6.07) is 0. The minimum Gasteiger partial charge on any atom is -0.373 e. The van der Waals surface area contributed by atoms with Crippen LogP contribution < -0.4 is 5.32 Å². The second-order valence-electron chi connectivity index (χ2n) is 1.94. The Balaban J connectivity index is 1.86. The third-order valence-electron chi connectivity index (χ3n) is 1.13. The molecule has 0 aliphatic carbocycles. The smallest absolute Gasteiger partial charge is 0.280 e. The van der Waals surface area contributed by atoms with E-state index in [1.54, 1.807) is 22.6 Å². The van der Waals surface area contributed by atoms with Crippen LogP contribution in [0.4, 0.5) is 4.79 Å². The summed E-state index contributed by atoms with van der Waals surface area (Å²) < 4.78 is 4.94. The van der Waals surface area contributed by atoms with E-state index in [-0.39, 0.29) is 3.91 Å². The Morgan fingerprint density at radius 1 is 1.89 bits per heavy atom. The number of nitrogens with one attached hydrogen (secondary N) is 1. The molecule has 1 aliphatic heterocycles. The molecule has 0 aromatic carbocycles. The standard InChI is InChI=1S/C5H8INO2/c6-5(8)7-2-1-4-3-9-4/h4H,1-3H2,(H,7,8). The van der Waals surface area contributed by atoms with Gasteiger partial charge in [-0.25, -0.2) is 0 Å². The molecular weight excluding hydrogens is 233 g/mol. The molecule has 9 heavy (non-hydrogen) atoms. The van der Waals surface area contributed by atoms with Crippen molar-refractivity contribution in [3.63, 3.8) is 0 Å². The van der Waals surface area contributed by atoms with Gasteiger partial charge in [-0.05, 0) is 6.42 Å². The highest BCUT2D eigenvalue weighted by atomic mass is 127. The molecule has 1 aliphatic rings. The van der Waals surface area contributed by atoms with Crippen LogP contribution in [-0.2, 0) is 4.74 Å². The van der Waals surface area contributed by atoms with Crippen molar-refractivity contribution >= 4 is 26.5 Å². The first-order valence-electron chi connectivity index (χ1n) is 2.84. The van der Waals surface area contributed by atoms with E-state index in [2.05, 4.69) is 5.32 Å². The number of ether oxygens (including phenoxy) is 1. The summed E-state index contributed by atoms with van der Waals surface area (Å²) in [5, 5.41) is 2.68. The lowest BCUT2D eigenvalue weighted by Crippen LogP contribution is -2.18. The third-order valence-corrected chi connectivity index (χ3v) is 1.51. The van der Waals surface area contributed by atoms with Crippen LogP contribution in [0.2, 0.25) is 0 Å². The van der Waals surface area contributed by atoms with Crippen molar-refractivity contribution in [1.29, 1.82) is 0 Å². The van der Waals surface area contributed by atoms with Crippen LogP contribution in [0.15, 0.2) is 0 Å². The molecule has 3 nitrogen and oxygen atoms in total. The van der Waals surface area contributed by atoms with Crippen molar-refractivity contribution in [1.82, 2.24) is 5.32 Å². The van der Waals surface area contributed by atoms with Gasteiger partial charge in [-0.2, -0.15) is 0 Å². The fourth-order valence-corrected chi connectivity index (χ4v) is 0.836. The van der Waals surface area contributed by atoms with Gasteiger partial charge in [0, 0.05) is 29.1 Å². The number of carbonyl (C=O) groups is 1. The minimum atomic E-state index is 0.00764. The summed E-state index contributed by atoms with van der Waals surface area (Å²) in [6.07, 6.45) is 1.38. The van der Waals surface area contributed by atoms with Gasteiger partial charge in [-0.1, -0.05) is 0 Å². The van der Waals surface area contributed by atoms with E-state index in [9.17, 15) is 4.79 Å². The van der Waals surface area contributed by atoms with Crippen LogP contribution in [0.5, 0.6) is 0 Å². The lowest BCUT2D eigenvalue weighted by molar-refractivity contribution is 0.262. The van der Waals surface area contributed by atoms with Gasteiger partial charge in [-0.3, -0.25) is 4.79 Å². The fourth-order valence-electron chi connectivity index (χ4n) is 0.566. The molecule has 4 heteroatoms. The Kier molecular flexibility index (Phi) is 2.71. The highest BCUT2D eigenvalue weighted by Crippen LogP contribution is 2.11. The molecule has 1 amide bonds. The Morgan fingerprint density at radius 3 is 3.00 bits per heavy atom. The topological polar surface area (TPSA) is 41.6 Å². The molecule has 0 radical (unpaired) electrons. The van der Waals surface area contributed by atoms with Gasteiger partial charge in [0.15, 0.2) is 0 Å². The Morgan fingerprint density at radius 2 is 2.56 bits per heavy atom. The van der Waals surface area contributed by atoms with Gasteiger partial charge in [0.1, 0.15) is 0 Å². The summed E-state index contributed by atoms with van der Waals surface area (Å²) in [4.78, 5) is 10.3. The van der Waals surface area contributed by atoms with Crippen LogP contribution in [0.25, 0.3) is 0 Å². The zero-order chi connectivity index (χ0) is 6.69. The minimum absolute atomic E-state index is 0.00764. The van der Waals surface area contributed by atoms with Crippen LogP contribution in [-0.4, -0.2) is 23.2 Å². The second-order valence-corrected chi connectivity index (χ2v) is 2.92. The van der Waals surface area contributed by atoms with Crippen molar-refractivity contribution in [2.75, 3.05) is 13.2 Å². The fraction of sp³-hybridized carbons (Fsp3) is 0.800. The highest BCUT2D eigenvalue weighted by molar-refractivity contribution is 14.1. The first-order chi connectivity index (χ1) is 4.29. The molecule has 1 N–H and O–H groups in total. The number of hydrogen-bond acceptors (Lipinski definition) is 2. The number of amides is 1. The Labute approximate surface area is 67.3 Å². The molecule has 52 valence electrons. The average Bonchev–Trinajstić information content (AvgIpc) is 2.48. The third kappa shape index (κ3) is 3.69. The van der Waals surface area contributed by atoms with Crippen molar-refractivity contribution in [2.45, 2.75) is 12.5 Å². The van der Waals surface area contributed by atoms with Crippen molar-refractivity contribution in [2.24, 2.45) is 0 Å². The van der Waals surface area contributed by atoms with Gasteiger partial charge in [0.25, 0.3) is 3.91 Å². The number of epoxide rings is 1. The monoisotopic (exact) mass is 241 g/mol. The molecular formula is C5H8INO2. The zero-order valence-electron chi connectivity index (χ0n) is 4.89. The number of hydrogen-bond donors (Lipinski definition) is 1. The molecule has 0 spiro atoms. The molecule has 0 aromatic rings. The van der Waals surface area contributed by atoms with Gasteiger partial charge >= 0.3 is 0 Å². The SMILES string of the molecule is O=C(I)NCCC1CO1. The Hall–Kier alpha value is 0.160. The van der Waals surface area contributed by atoms with Crippen LogP contribution >= 0.6 is 22.6 Å². The largest absolute Gasteiger partial charge is 0.373 e. The lowest BCUT2D eigenvalue weighted by Gasteiger charge is -1.95. The highest BCUT2D eigenvalue weighted by Gasteiger charge is 2.21. The molecule has 1 atom stereocenters. The number of carbonyl (C=O) groups excluding carboxylic acids is 1. The predicted molar refractivity (Wildman–Crippen MR) is 41.8 cm³/mol. The summed E-state index contributed by atoms with van der Waals surface area (Å²) >= 11 is 1.72. The van der Waals surface area contributed by atoms with Crippen molar-refractivity contribution < 1.29 is 9.53 Å².